The van der Waals surface area contributed by atoms with E-state index < -0.39 is 5.60 Å². The molecule has 2 amide bonds. The number of hydrogen-bond donors (Lipinski definition) is 2. The molecule has 0 radical (unpaired) electrons. The Morgan fingerprint density at radius 1 is 0.884 bits per heavy atom. The van der Waals surface area contributed by atoms with Crippen molar-refractivity contribution in [3.8, 4) is 5.75 Å². The van der Waals surface area contributed by atoms with Gasteiger partial charge in [0.15, 0.2) is 0 Å². The molecular formula is C34H42N4O5. The Hall–Kier alpha value is -4.24. The summed E-state index contributed by atoms with van der Waals surface area (Å²) in [7, 11) is 0. The van der Waals surface area contributed by atoms with Crippen LogP contribution >= 0.6 is 0 Å². The van der Waals surface area contributed by atoms with Gasteiger partial charge in [0.25, 0.3) is 5.91 Å². The average molecular weight is 587 g/mol. The minimum Gasteiger partial charge on any atom is -0.490 e. The van der Waals surface area contributed by atoms with Crippen LogP contribution in [0.5, 0.6) is 5.75 Å². The zero-order valence-electron chi connectivity index (χ0n) is 25.5. The molecule has 3 aromatic carbocycles. The normalized spacial score (nSPS) is 16.0. The highest BCUT2D eigenvalue weighted by Crippen LogP contribution is 2.28. The van der Waals surface area contributed by atoms with E-state index >= 15 is 0 Å². The van der Waals surface area contributed by atoms with E-state index in [0.29, 0.717) is 31.9 Å². The number of amides is 2. The zero-order valence-corrected chi connectivity index (χ0v) is 25.5. The molecule has 3 aromatic rings. The summed E-state index contributed by atoms with van der Waals surface area (Å²) in [4.78, 5) is 29.6. The van der Waals surface area contributed by atoms with Crippen LogP contribution in [0.25, 0.3) is 0 Å². The molecule has 0 spiro atoms. The largest absolute Gasteiger partial charge is 0.490 e. The van der Waals surface area contributed by atoms with Gasteiger partial charge in [-0.25, -0.2) is 4.79 Å². The smallest absolute Gasteiger partial charge is 0.410 e. The van der Waals surface area contributed by atoms with E-state index in [0.717, 1.165) is 60.0 Å². The Kier molecular flexibility index (Phi) is 9.40. The molecule has 0 bridgehead atoms. The number of benzene rings is 3. The lowest BCUT2D eigenvalue weighted by molar-refractivity contribution is 0.0126. The highest BCUT2D eigenvalue weighted by molar-refractivity contribution is 6.05. The van der Waals surface area contributed by atoms with Gasteiger partial charge in [0.05, 0.1) is 13.2 Å². The third-order valence-corrected chi connectivity index (χ3v) is 7.49. The van der Waals surface area contributed by atoms with Crippen molar-refractivity contribution in [2.45, 2.75) is 52.2 Å². The van der Waals surface area contributed by atoms with Gasteiger partial charge < -0.3 is 34.6 Å². The molecule has 0 aliphatic carbocycles. The summed E-state index contributed by atoms with van der Waals surface area (Å²) in [6.45, 7) is 11.9. The minimum atomic E-state index is -0.505. The first-order valence-corrected chi connectivity index (χ1v) is 15.0. The van der Waals surface area contributed by atoms with E-state index in [9.17, 15) is 9.59 Å². The molecule has 0 atom stereocenters. The molecule has 9 heteroatoms. The van der Waals surface area contributed by atoms with E-state index in [4.69, 9.17) is 14.2 Å². The Bertz CT molecular complexity index is 1420. The maximum atomic E-state index is 13.2. The molecule has 2 fully saturated rings. The summed E-state index contributed by atoms with van der Waals surface area (Å²) in [5.41, 5.74) is 4.61. The maximum Gasteiger partial charge on any atom is 0.410 e. The molecule has 2 aliphatic rings. The molecular weight excluding hydrogens is 544 g/mol. The molecule has 9 nitrogen and oxygen atoms in total. The second-order valence-corrected chi connectivity index (χ2v) is 12.1. The fourth-order valence-electron chi connectivity index (χ4n) is 5.18. The van der Waals surface area contributed by atoms with Gasteiger partial charge in [-0.2, -0.15) is 0 Å². The van der Waals surface area contributed by atoms with E-state index in [2.05, 4.69) is 21.6 Å². The van der Waals surface area contributed by atoms with Gasteiger partial charge in [-0.15, -0.1) is 0 Å². The summed E-state index contributed by atoms with van der Waals surface area (Å²) >= 11 is 0. The average Bonchev–Trinajstić information content (AvgIpc) is 2.98. The van der Waals surface area contributed by atoms with Crippen LogP contribution in [0.3, 0.4) is 0 Å². The first-order chi connectivity index (χ1) is 20.6. The van der Waals surface area contributed by atoms with Gasteiger partial charge in [-0.1, -0.05) is 18.2 Å². The zero-order chi connectivity index (χ0) is 30.4. The summed E-state index contributed by atoms with van der Waals surface area (Å²) in [6, 6.07) is 21.4. The number of hydrogen-bond acceptors (Lipinski definition) is 7. The van der Waals surface area contributed by atoms with Crippen molar-refractivity contribution in [3.05, 3.63) is 77.9 Å². The lowest BCUT2D eigenvalue weighted by Crippen LogP contribution is -2.44. The number of ether oxygens (including phenoxy) is 3. The SMILES string of the molecule is Cc1ccc(C(=O)Nc2cccc(N3CCOCC3)c2)cc1Nc1cccc(OC2CCN(C(=O)OC(C)(C)C)CC2)c1. The molecule has 0 saturated carbocycles. The Labute approximate surface area is 254 Å². The molecule has 2 heterocycles. The molecule has 228 valence electrons. The fraction of sp³-hybridized carbons (Fsp3) is 0.412. The highest BCUT2D eigenvalue weighted by Gasteiger charge is 2.27. The lowest BCUT2D eigenvalue weighted by atomic mass is 10.1. The number of nitrogens with zero attached hydrogens (tertiary/aromatic N) is 2. The van der Waals surface area contributed by atoms with Crippen molar-refractivity contribution in [1.29, 1.82) is 0 Å². The van der Waals surface area contributed by atoms with Crippen molar-refractivity contribution in [2.24, 2.45) is 0 Å². The van der Waals surface area contributed by atoms with Crippen molar-refractivity contribution in [1.82, 2.24) is 4.90 Å². The third-order valence-electron chi connectivity index (χ3n) is 7.49. The third kappa shape index (κ3) is 8.41. The number of likely N-dealkylation sites (tertiary alicyclic amines) is 1. The first kappa shape index (κ1) is 30.2. The molecule has 43 heavy (non-hydrogen) atoms. The number of piperidine rings is 1. The topological polar surface area (TPSA) is 92.4 Å². The van der Waals surface area contributed by atoms with Crippen LogP contribution in [-0.4, -0.2) is 68.0 Å². The Morgan fingerprint density at radius 2 is 1.60 bits per heavy atom. The number of carbonyl (C=O) groups excluding carboxylic acids is 2. The van der Waals surface area contributed by atoms with Crippen molar-refractivity contribution < 1.29 is 23.8 Å². The van der Waals surface area contributed by atoms with Crippen molar-refractivity contribution in [2.75, 3.05) is 54.9 Å². The maximum absolute atomic E-state index is 13.2. The van der Waals surface area contributed by atoms with Crippen LogP contribution in [0.4, 0.5) is 27.5 Å². The standard InChI is InChI=1S/C34H42N4O5/c1-24-11-12-25(32(39)36-26-7-5-9-28(22-26)37-17-19-41-20-18-37)21-31(24)35-27-8-6-10-30(23-27)42-29-13-15-38(16-14-29)33(40)43-34(2,3)4/h5-12,21-23,29,35H,13-20H2,1-4H3,(H,36,39). The second-order valence-electron chi connectivity index (χ2n) is 12.1. The Balaban J connectivity index is 1.19. The number of carbonyl (C=O) groups is 2. The summed E-state index contributed by atoms with van der Waals surface area (Å²) in [6.07, 6.45) is 1.22. The van der Waals surface area contributed by atoms with Crippen LogP contribution in [0.2, 0.25) is 0 Å². The van der Waals surface area contributed by atoms with Crippen LogP contribution in [0.1, 0.15) is 49.5 Å². The summed E-state index contributed by atoms with van der Waals surface area (Å²) in [5, 5.41) is 6.50. The van der Waals surface area contributed by atoms with Gasteiger partial charge in [0, 0.05) is 73.4 Å². The van der Waals surface area contributed by atoms with E-state index in [1.807, 2.05) is 88.4 Å². The van der Waals surface area contributed by atoms with Crippen molar-refractivity contribution >= 4 is 34.7 Å². The van der Waals surface area contributed by atoms with E-state index in [1.54, 1.807) is 4.90 Å². The first-order valence-electron chi connectivity index (χ1n) is 15.0. The highest BCUT2D eigenvalue weighted by atomic mass is 16.6. The van der Waals surface area contributed by atoms with Crippen LogP contribution in [-0.2, 0) is 9.47 Å². The van der Waals surface area contributed by atoms with Gasteiger partial charge in [0.1, 0.15) is 17.5 Å². The molecule has 2 saturated heterocycles. The quantitative estimate of drug-likeness (QED) is 0.322. The number of anilines is 4. The predicted octanol–water partition coefficient (Wildman–Crippen LogP) is 6.61. The van der Waals surface area contributed by atoms with Gasteiger partial charge >= 0.3 is 6.09 Å². The van der Waals surface area contributed by atoms with Gasteiger partial charge in [-0.05, 0) is 75.7 Å². The number of morpholine rings is 1. The summed E-state index contributed by atoms with van der Waals surface area (Å²) in [5.74, 6) is 0.587. The molecule has 2 N–H and O–H groups in total. The van der Waals surface area contributed by atoms with Crippen LogP contribution < -0.4 is 20.3 Å². The number of aryl methyl sites for hydroxylation is 1. The molecule has 2 aliphatic heterocycles. The van der Waals surface area contributed by atoms with E-state index in [-0.39, 0.29) is 18.1 Å². The molecule has 5 rings (SSSR count). The lowest BCUT2D eigenvalue weighted by Gasteiger charge is -2.33. The molecule has 0 unspecified atom stereocenters. The van der Waals surface area contributed by atoms with Crippen LogP contribution in [0.15, 0.2) is 66.7 Å². The van der Waals surface area contributed by atoms with Crippen molar-refractivity contribution in [3.63, 3.8) is 0 Å². The van der Waals surface area contributed by atoms with E-state index in [1.165, 1.54) is 0 Å². The van der Waals surface area contributed by atoms with Gasteiger partial charge in [0.2, 0.25) is 0 Å². The minimum absolute atomic E-state index is 0.0180. The number of nitrogens with one attached hydrogen (secondary N) is 2. The molecule has 0 aromatic heterocycles. The van der Waals surface area contributed by atoms with Crippen LogP contribution in [0, 0.1) is 6.92 Å². The number of rotatable bonds is 7. The Morgan fingerprint density at radius 3 is 2.35 bits per heavy atom. The monoisotopic (exact) mass is 586 g/mol. The second kappa shape index (κ2) is 13.4. The predicted molar refractivity (Wildman–Crippen MR) is 170 cm³/mol. The fourth-order valence-corrected chi connectivity index (χ4v) is 5.18. The summed E-state index contributed by atoms with van der Waals surface area (Å²) < 4.78 is 17.2. The van der Waals surface area contributed by atoms with Gasteiger partial charge in [-0.3, -0.25) is 4.79 Å².